The Bertz CT molecular complexity index is 361. The summed E-state index contributed by atoms with van der Waals surface area (Å²) in [6.07, 6.45) is -4.23. The number of carbonyl (C=O) groups is 2. The minimum absolute atomic E-state index is 0.0709. The monoisotopic (exact) mass is 282 g/mol. The number of likely N-dealkylation sites (tertiary alicyclic amines) is 1. The second-order valence-corrected chi connectivity index (χ2v) is 4.79. The first-order chi connectivity index (χ1) is 8.61. The number of piperidine rings is 1. The summed E-state index contributed by atoms with van der Waals surface area (Å²) >= 11 is 0. The van der Waals surface area contributed by atoms with Crippen molar-refractivity contribution in [1.82, 2.24) is 4.90 Å². The first kappa shape index (κ1) is 15.7. The lowest BCUT2D eigenvalue weighted by atomic mass is 9.94. The van der Waals surface area contributed by atoms with Crippen molar-refractivity contribution in [3.8, 4) is 0 Å². The van der Waals surface area contributed by atoms with E-state index in [1.54, 1.807) is 0 Å². The molecule has 1 rings (SSSR count). The summed E-state index contributed by atoms with van der Waals surface area (Å²) in [5, 5.41) is 0. The summed E-state index contributed by atoms with van der Waals surface area (Å²) in [4.78, 5) is 24.1. The third-order valence-corrected chi connectivity index (χ3v) is 3.35. The van der Waals surface area contributed by atoms with Gasteiger partial charge in [0.25, 0.3) is 5.91 Å². The number of amides is 1. The predicted octanol–water partition coefficient (Wildman–Crippen LogP) is 0.678. The van der Waals surface area contributed by atoms with Crippen molar-refractivity contribution in [3.63, 3.8) is 0 Å². The molecule has 0 bridgehead atoms. The minimum atomic E-state index is -4.80. The number of hydrogen-bond acceptors (Lipinski definition) is 4. The molecule has 110 valence electrons. The van der Waals surface area contributed by atoms with Crippen LogP contribution in [0.3, 0.4) is 0 Å². The molecular weight excluding hydrogens is 265 g/mol. The highest BCUT2D eigenvalue weighted by Crippen LogP contribution is 2.31. The van der Waals surface area contributed by atoms with Crippen molar-refractivity contribution in [2.75, 3.05) is 20.2 Å². The predicted molar refractivity (Wildman–Crippen MR) is 60.0 cm³/mol. The zero-order chi connectivity index (χ0) is 14.8. The number of nitrogens with two attached hydrogens (primary N) is 1. The first-order valence-corrected chi connectivity index (χ1v) is 5.84. The lowest BCUT2D eigenvalue weighted by Gasteiger charge is -2.36. The number of alkyl halides is 3. The molecule has 1 amide bonds. The van der Waals surface area contributed by atoms with Gasteiger partial charge in [-0.1, -0.05) is 0 Å². The Labute approximate surface area is 108 Å². The quantitative estimate of drug-likeness (QED) is 0.756. The van der Waals surface area contributed by atoms with Crippen LogP contribution in [0.15, 0.2) is 0 Å². The van der Waals surface area contributed by atoms with Gasteiger partial charge in [0.15, 0.2) is 5.54 Å². The molecule has 0 aromatic carbocycles. The molecule has 1 fully saturated rings. The third-order valence-electron chi connectivity index (χ3n) is 3.35. The molecule has 1 unspecified atom stereocenters. The number of halogens is 3. The fraction of sp³-hybridized carbons (Fsp3) is 0.818. The summed E-state index contributed by atoms with van der Waals surface area (Å²) in [6.45, 7) is 0.796. The van der Waals surface area contributed by atoms with E-state index in [0.29, 0.717) is 6.92 Å². The molecule has 2 N–H and O–H groups in total. The Morgan fingerprint density at radius 1 is 1.26 bits per heavy atom. The number of nitrogens with zero attached hydrogens (tertiary/aromatic N) is 1. The standard InChI is InChI=1S/C11H17F3N2O3/c1-10(15,11(12,13)14)9(18)16-5-3-7(4-6-16)8(17)19-2/h7H,3-6,15H2,1-2H3. The maximum Gasteiger partial charge on any atom is 0.415 e. The van der Waals surface area contributed by atoms with Crippen LogP contribution in [-0.2, 0) is 14.3 Å². The van der Waals surface area contributed by atoms with Gasteiger partial charge in [0, 0.05) is 13.1 Å². The summed E-state index contributed by atoms with van der Waals surface area (Å²) in [7, 11) is 1.25. The van der Waals surface area contributed by atoms with E-state index >= 15 is 0 Å². The largest absolute Gasteiger partial charge is 0.469 e. The molecule has 0 saturated carbocycles. The van der Waals surface area contributed by atoms with Gasteiger partial charge in [-0.25, -0.2) is 0 Å². The van der Waals surface area contributed by atoms with Crippen molar-refractivity contribution in [3.05, 3.63) is 0 Å². The average Bonchev–Trinajstić information content (AvgIpc) is 2.35. The molecule has 8 heteroatoms. The van der Waals surface area contributed by atoms with Crippen molar-refractivity contribution in [2.45, 2.75) is 31.5 Å². The van der Waals surface area contributed by atoms with E-state index in [9.17, 15) is 22.8 Å². The molecule has 0 aromatic heterocycles. The van der Waals surface area contributed by atoms with Crippen molar-refractivity contribution in [1.29, 1.82) is 0 Å². The van der Waals surface area contributed by atoms with Gasteiger partial charge in [0.1, 0.15) is 0 Å². The molecule has 1 aliphatic heterocycles. The molecule has 1 heterocycles. The second kappa shape index (κ2) is 5.36. The Kier molecular flexibility index (Phi) is 4.44. The van der Waals surface area contributed by atoms with Gasteiger partial charge in [-0.3, -0.25) is 9.59 Å². The van der Waals surface area contributed by atoms with E-state index in [1.807, 2.05) is 0 Å². The number of rotatable bonds is 2. The summed E-state index contributed by atoms with van der Waals surface area (Å²) in [5.41, 5.74) is 2.18. The van der Waals surface area contributed by atoms with Crippen LogP contribution in [0.4, 0.5) is 13.2 Å². The molecule has 1 aliphatic rings. The van der Waals surface area contributed by atoms with Crippen LogP contribution < -0.4 is 5.73 Å². The average molecular weight is 282 g/mol. The van der Waals surface area contributed by atoms with Gasteiger partial charge in [0.05, 0.1) is 13.0 Å². The highest BCUT2D eigenvalue weighted by atomic mass is 19.4. The number of methoxy groups -OCH3 is 1. The third kappa shape index (κ3) is 3.17. The normalized spacial score (nSPS) is 20.8. The first-order valence-electron chi connectivity index (χ1n) is 5.84. The van der Waals surface area contributed by atoms with Crippen LogP contribution in [0.1, 0.15) is 19.8 Å². The van der Waals surface area contributed by atoms with Crippen LogP contribution >= 0.6 is 0 Å². The van der Waals surface area contributed by atoms with Crippen LogP contribution in [0.25, 0.3) is 0 Å². The summed E-state index contributed by atoms with van der Waals surface area (Å²) in [5.74, 6) is -1.94. The van der Waals surface area contributed by atoms with Crippen LogP contribution in [0.2, 0.25) is 0 Å². The van der Waals surface area contributed by atoms with Gasteiger partial charge >= 0.3 is 12.1 Å². The van der Waals surface area contributed by atoms with Crippen LogP contribution in [0, 0.1) is 5.92 Å². The Morgan fingerprint density at radius 2 is 1.74 bits per heavy atom. The molecule has 0 aliphatic carbocycles. The maximum atomic E-state index is 12.7. The fourth-order valence-corrected chi connectivity index (χ4v) is 1.93. The van der Waals surface area contributed by atoms with Gasteiger partial charge in [-0.2, -0.15) is 13.2 Å². The van der Waals surface area contributed by atoms with E-state index in [2.05, 4.69) is 4.74 Å². The minimum Gasteiger partial charge on any atom is -0.469 e. The summed E-state index contributed by atoms with van der Waals surface area (Å²) < 4.78 is 42.5. The van der Waals surface area contributed by atoms with E-state index in [4.69, 9.17) is 5.73 Å². The van der Waals surface area contributed by atoms with Gasteiger partial charge in [-0.05, 0) is 19.8 Å². The van der Waals surface area contributed by atoms with Gasteiger partial charge in [-0.15, -0.1) is 0 Å². The highest BCUT2D eigenvalue weighted by molar-refractivity contribution is 5.87. The number of esters is 1. The van der Waals surface area contributed by atoms with E-state index < -0.39 is 23.6 Å². The Morgan fingerprint density at radius 3 is 2.11 bits per heavy atom. The molecule has 0 radical (unpaired) electrons. The molecule has 19 heavy (non-hydrogen) atoms. The van der Waals surface area contributed by atoms with E-state index in [0.717, 1.165) is 4.90 Å². The smallest absolute Gasteiger partial charge is 0.415 e. The fourth-order valence-electron chi connectivity index (χ4n) is 1.93. The van der Waals surface area contributed by atoms with Crippen LogP contribution in [-0.4, -0.2) is 48.7 Å². The molecule has 0 spiro atoms. The number of hydrogen-bond donors (Lipinski definition) is 1. The maximum absolute atomic E-state index is 12.7. The lowest BCUT2D eigenvalue weighted by Crippen LogP contribution is -2.63. The zero-order valence-corrected chi connectivity index (χ0v) is 10.8. The Balaban J connectivity index is 2.66. The molecule has 0 aromatic rings. The van der Waals surface area contributed by atoms with Crippen molar-refractivity contribution < 1.29 is 27.5 Å². The Hall–Kier alpha value is -1.31. The SMILES string of the molecule is COC(=O)C1CCN(C(=O)C(C)(N)C(F)(F)F)CC1. The molecule has 1 atom stereocenters. The summed E-state index contributed by atoms with van der Waals surface area (Å²) in [6, 6.07) is 0. The highest BCUT2D eigenvalue weighted by Gasteiger charge is 2.55. The van der Waals surface area contributed by atoms with Gasteiger partial charge < -0.3 is 15.4 Å². The molecule has 1 saturated heterocycles. The second-order valence-electron chi connectivity index (χ2n) is 4.79. The number of ether oxygens (including phenoxy) is 1. The number of carbonyl (C=O) groups excluding carboxylic acids is 2. The zero-order valence-electron chi connectivity index (χ0n) is 10.8. The molecule has 5 nitrogen and oxygen atoms in total. The van der Waals surface area contributed by atoms with E-state index in [-0.39, 0.29) is 31.8 Å². The topological polar surface area (TPSA) is 72.6 Å². The molecular formula is C11H17F3N2O3. The lowest BCUT2D eigenvalue weighted by molar-refractivity contribution is -0.194. The van der Waals surface area contributed by atoms with E-state index in [1.165, 1.54) is 7.11 Å². The van der Waals surface area contributed by atoms with Crippen LogP contribution in [0.5, 0.6) is 0 Å². The van der Waals surface area contributed by atoms with Crippen molar-refractivity contribution in [2.24, 2.45) is 11.7 Å². The van der Waals surface area contributed by atoms with Crippen molar-refractivity contribution >= 4 is 11.9 Å². The van der Waals surface area contributed by atoms with Gasteiger partial charge in [0.2, 0.25) is 0 Å².